The van der Waals surface area contributed by atoms with Gasteiger partial charge in [0.15, 0.2) is 6.10 Å². The second-order valence-electron chi connectivity index (χ2n) is 4.22. The van der Waals surface area contributed by atoms with Gasteiger partial charge in [0.25, 0.3) is 6.47 Å². The minimum absolute atomic E-state index is 0.0740. The second-order valence-corrected chi connectivity index (χ2v) is 4.22. The number of aliphatic hydroxyl groups excluding tert-OH is 1. The van der Waals surface area contributed by atoms with Gasteiger partial charge in [0.2, 0.25) is 0 Å². The number of aryl methyl sites for hydroxylation is 1. The van der Waals surface area contributed by atoms with Crippen LogP contribution in [0.25, 0.3) is 10.8 Å². The Kier molecular flexibility index (Phi) is 6.09. The highest BCUT2D eigenvalue weighted by Crippen LogP contribution is 2.22. The molecule has 0 aliphatic rings. The summed E-state index contributed by atoms with van der Waals surface area (Å²) in [6, 6.07) is 7.83. The Balaban J connectivity index is 0.000000677. The fraction of sp³-hybridized carbons (Fsp3) is 0.214. The average molecular weight is 292 g/mol. The molecule has 0 amide bonds. The van der Waals surface area contributed by atoms with Crippen molar-refractivity contribution in [2.75, 3.05) is 11.9 Å². The van der Waals surface area contributed by atoms with Crippen molar-refractivity contribution in [3.63, 3.8) is 0 Å². The number of rotatable bonds is 4. The largest absolute Gasteiger partial charge is 0.483 e. The van der Waals surface area contributed by atoms with E-state index in [1.807, 2.05) is 31.2 Å². The van der Waals surface area contributed by atoms with E-state index in [0.29, 0.717) is 5.82 Å². The smallest absolute Gasteiger partial charge is 0.334 e. The summed E-state index contributed by atoms with van der Waals surface area (Å²) < 4.78 is 0. The summed E-state index contributed by atoms with van der Waals surface area (Å²) in [4.78, 5) is 23.1. The van der Waals surface area contributed by atoms with Crippen molar-refractivity contribution in [2.24, 2.45) is 0 Å². The molecule has 1 heterocycles. The van der Waals surface area contributed by atoms with Gasteiger partial charge in [-0.1, -0.05) is 17.7 Å². The van der Waals surface area contributed by atoms with Crippen LogP contribution in [0.4, 0.5) is 5.82 Å². The molecule has 0 fully saturated rings. The molecule has 1 unspecified atom stereocenters. The molecule has 0 spiro atoms. The molecule has 1 aromatic heterocycles. The molecule has 7 nitrogen and oxygen atoms in total. The van der Waals surface area contributed by atoms with Crippen LogP contribution in [0.5, 0.6) is 0 Å². The Hall–Kier alpha value is -2.67. The molecule has 1 atom stereocenters. The van der Waals surface area contributed by atoms with Crippen LogP contribution in [0.2, 0.25) is 0 Å². The molecule has 1 aromatic carbocycles. The molecule has 112 valence electrons. The van der Waals surface area contributed by atoms with Gasteiger partial charge in [-0.15, -0.1) is 0 Å². The summed E-state index contributed by atoms with van der Waals surface area (Å²) in [7, 11) is 0. The predicted molar refractivity (Wildman–Crippen MR) is 77.3 cm³/mol. The monoisotopic (exact) mass is 292 g/mol. The molecule has 0 aliphatic carbocycles. The van der Waals surface area contributed by atoms with Crippen LogP contribution < -0.4 is 5.32 Å². The zero-order valence-electron chi connectivity index (χ0n) is 11.4. The summed E-state index contributed by atoms with van der Waals surface area (Å²) >= 11 is 0. The Morgan fingerprint density at radius 1 is 1.43 bits per heavy atom. The fourth-order valence-corrected chi connectivity index (χ4v) is 1.70. The van der Waals surface area contributed by atoms with Gasteiger partial charge in [0.1, 0.15) is 5.82 Å². The molecule has 0 saturated carbocycles. The first-order valence-corrected chi connectivity index (χ1v) is 6.07. The highest BCUT2D eigenvalue weighted by atomic mass is 16.4. The molecule has 0 bridgehead atoms. The number of aliphatic carboxylic acids is 1. The lowest BCUT2D eigenvalue weighted by atomic mass is 10.1. The van der Waals surface area contributed by atoms with Gasteiger partial charge < -0.3 is 20.6 Å². The molecule has 7 heteroatoms. The number of hydrogen-bond acceptors (Lipinski definition) is 5. The van der Waals surface area contributed by atoms with E-state index in [4.69, 9.17) is 15.0 Å². The number of fused-ring (bicyclic) bond motifs is 1. The lowest BCUT2D eigenvalue weighted by Crippen LogP contribution is -2.28. The number of pyridine rings is 1. The zero-order valence-corrected chi connectivity index (χ0v) is 11.4. The first-order chi connectivity index (χ1) is 9.99. The molecule has 2 aromatic rings. The van der Waals surface area contributed by atoms with Crippen LogP contribution in [0.1, 0.15) is 5.56 Å². The minimum Gasteiger partial charge on any atom is -0.483 e. The summed E-state index contributed by atoms with van der Waals surface area (Å²) in [6.07, 6.45) is 0.208. The van der Waals surface area contributed by atoms with Crippen molar-refractivity contribution in [3.05, 3.63) is 36.0 Å². The van der Waals surface area contributed by atoms with Crippen LogP contribution in [0, 0.1) is 6.92 Å². The third-order valence-corrected chi connectivity index (χ3v) is 2.67. The van der Waals surface area contributed by atoms with Crippen molar-refractivity contribution < 1.29 is 24.9 Å². The number of carbonyl (C=O) groups is 2. The van der Waals surface area contributed by atoms with Gasteiger partial charge >= 0.3 is 5.97 Å². The molecule has 0 radical (unpaired) electrons. The van der Waals surface area contributed by atoms with Gasteiger partial charge in [-0.2, -0.15) is 0 Å². The van der Waals surface area contributed by atoms with E-state index < -0.39 is 12.1 Å². The Morgan fingerprint density at radius 2 is 2.10 bits per heavy atom. The highest BCUT2D eigenvalue weighted by molar-refractivity contribution is 5.92. The first kappa shape index (κ1) is 16.4. The number of nitrogens with one attached hydrogen (secondary N) is 1. The molecular formula is C14H16N2O5. The van der Waals surface area contributed by atoms with Crippen LogP contribution in [0.3, 0.4) is 0 Å². The quantitative estimate of drug-likeness (QED) is 0.623. The van der Waals surface area contributed by atoms with E-state index in [1.165, 1.54) is 0 Å². The Morgan fingerprint density at radius 3 is 2.71 bits per heavy atom. The Labute approximate surface area is 120 Å². The molecule has 2 rings (SSSR count). The lowest BCUT2D eigenvalue weighted by Gasteiger charge is -2.10. The molecule has 4 N–H and O–H groups in total. The van der Waals surface area contributed by atoms with Gasteiger partial charge in [0, 0.05) is 11.6 Å². The molecule has 0 aliphatic heterocycles. The van der Waals surface area contributed by atoms with Crippen LogP contribution >= 0.6 is 0 Å². The third kappa shape index (κ3) is 4.73. The summed E-state index contributed by atoms with van der Waals surface area (Å²) in [5.41, 5.74) is 1.09. The van der Waals surface area contributed by atoms with Gasteiger partial charge in [-0.3, -0.25) is 4.79 Å². The summed E-state index contributed by atoms with van der Waals surface area (Å²) in [5.74, 6) is -0.671. The minimum atomic E-state index is -1.44. The van der Waals surface area contributed by atoms with Crippen LogP contribution in [0.15, 0.2) is 30.5 Å². The second kappa shape index (κ2) is 7.81. The Bertz CT molecular complexity index is 630. The highest BCUT2D eigenvalue weighted by Gasteiger charge is 2.13. The van der Waals surface area contributed by atoms with Gasteiger partial charge in [0.05, 0.1) is 6.54 Å². The number of carboxylic acids is 1. The van der Waals surface area contributed by atoms with Crippen molar-refractivity contribution in [2.45, 2.75) is 13.0 Å². The van der Waals surface area contributed by atoms with Crippen LogP contribution in [-0.2, 0) is 9.59 Å². The summed E-state index contributed by atoms with van der Waals surface area (Å²) in [5, 5.41) is 29.5. The van der Waals surface area contributed by atoms with Crippen molar-refractivity contribution in [3.8, 4) is 0 Å². The number of nitrogens with zero attached hydrogens (tertiary/aromatic N) is 1. The van der Waals surface area contributed by atoms with Crippen molar-refractivity contribution in [1.29, 1.82) is 0 Å². The van der Waals surface area contributed by atoms with E-state index >= 15 is 0 Å². The van der Waals surface area contributed by atoms with E-state index in [1.54, 1.807) is 6.20 Å². The van der Waals surface area contributed by atoms with E-state index in [-0.39, 0.29) is 13.0 Å². The molecular weight excluding hydrogens is 276 g/mol. The van der Waals surface area contributed by atoms with Crippen LogP contribution in [-0.4, -0.2) is 45.4 Å². The number of anilines is 1. The predicted octanol–water partition coefficient (Wildman–Crippen LogP) is 1.10. The van der Waals surface area contributed by atoms with Gasteiger partial charge in [-0.05, 0) is 24.4 Å². The average Bonchev–Trinajstić information content (AvgIpc) is 2.45. The number of carboxylic acid groups (broad SMARTS) is 2. The fourth-order valence-electron chi connectivity index (χ4n) is 1.70. The topological polar surface area (TPSA) is 120 Å². The molecule has 21 heavy (non-hydrogen) atoms. The number of aliphatic hydroxyl groups is 1. The maximum Gasteiger partial charge on any atom is 0.334 e. The standard InChI is InChI=1S/C13H14N2O3.CH2O2/c1-8-2-3-9-4-5-14-12(10(9)6-8)15-7-11(16)13(17)18;2-1-3/h2-6,11,16H,7H2,1H3,(H,14,15)(H,17,18);1H,(H,2,3). The number of hydrogen-bond donors (Lipinski definition) is 4. The van der Waals surface area contributed by atoms with E-state index in [9.17, 15) is 9.90 Å². The number of aromatic nitrogens is 1. The summed E-state index contributed by atoms with van der Waals surface area (Å²) in [6.45, 7) is 1.65. The van der Waals surface area contributed by atoms with E-state index in [0.717, 1.165) is 16.3 Å². The van der Waals surface area contributed by atoms with Crippen molar-refractivity contribution >= 4 is 29.0 Å². The zero-order chi connectivity index (χ0) is 15.8. The lowest BCUT2D eigenvalue weighted by molar-refractivity contribution is -0.145. The maximum absolute atomic E-state index is 10.5. The first-order valence-electron chi connectivity index (χ1n) is 6.07. The van der Waals surface area contributed by atoms with E-state index in [2.05, 4.69) is 10.3 Å². The van der Waals surface area contributed by atoms with Crippen molar-refractivity contribution in [1.82, 2.24) is 4.98 Å². The third-order valence-electron chi connectivity index (χ3n) is 2.67. The number of benzene rings is 1. The van der Waals surface area contributed by atoms with Gasteiger partial charge in [-0.25, -0.2) is 9.78 Å². The molecule has 0 saturated heterocycles. The SMILES string of the molecule is Cc1ccc2ccnc(NCC(O)C(=O)O)c2c1.O=CO. The maximum atomic E-state index is 10.5. The normalized spacial score (nSPS) is 11.1.